The number of carboxylic acids is 1. The highest BCUT2D eigenvalue weighted by Gasteiger charge is 2.47. The minimum absolute atomic E-state index is 0.0690. The summed E-state index contributed by atoms with van der Waals surface area (Å²) < 4.78 is 1.74. The van der Waals surface area contributed by atoms with Gasteiger partial charge in [-0.05, 0) is 49.3 Å². The first-order valence-corrected chi connectivity index (χ1v) is 9.72. The number of amides is 1. The molecule has 0 spiro atoms. The third-order valence-electron chi connectivity index (χ3n) is 5.68. The van der Waals surface area contributed by atoms with Gasteiger partial charge in [0.15, 0.2) is 0 Å². The fourth-order valence-electron chi connectivity index (χ4n) is 4.15. The fraction of sp³-hybridized carbons (Fsp3) is 0.450. The third-order valence-corrected chi connectivity index (χ3v) is 5.92. The highest BCUT2D eigenvalue weighted by atomic mass is 35.5. The van der Waals surface area contributed by atoms with Crippen LogP contribution < -0.4 is 0 Å². The van der Waals surface area contributed by atoms with Gasteiger partial charge < -0.3 is 10.0 Å². The largest absolute Gasteiger partial charge is 0.481 e. The number of likely N-dealkylation sites (tertiary alicyclic amines) is 1. The van der Waals surface area contributed by atoms with Crippen molar-refractivity contribution < 1.29 is 14.7 Å². The monoisotopic (exact) mass is 387 g/mol. The maximum atomic E-state index is 13.1. The minimum atomic E-state index is -0.799. The van der Waals surface area contributed by atoms with Gasteiger partial charge >= 0.3 is 5.97 Å². The summed E-state index contributed by atoms with van der Waals surface area (Å²) in [6.45, 7) is 2.78. The quantitative estimate of drug-likeness (QED) is 0.854. The van der Waals surface area contributed by atoms with Crippen LogP contribution in [0.15, 0.2) is 30.5 Å². The summed E-state index contributed by atoms with van der Waals surface area (Å²) in [6, 6.07) is 7.34. The van der Waals surface area contributed by atoms with E-state index in [2.05, 4.69) is 5.10 Å². The molecule has 2 atom stereocenters. The van der Waals surface area contributed by atoms with E-state index in [0.29, 0.717) is 29.5 Å². The Bertz CT molecular complexity index is 890. The van der Waals surface area contributed by atoms with Crippen LogP contribution in [-0.2, 0) is 11.2 Å². The number of carboxylic acid groups (broad SMARTS) is 1. The number of aliphatic carboxylic acids is 1. The molecule has 1 aliphatic carbocycles. The number of hydrogen-bond donors (Lipinski definition) is 1. The van der Waals surface area contributed by atoms with Crippen LogP contribution in [0, 0.1) is 17.8 Å². The zero-order valence-corrected chi connectivity index (χ0v) is 15.9. The first kappa shape index (κ1) is 18.0. The molecule has 1 aromatic carbocycles. The molecule has 0 bridgehead atoms. The van der Waals surface area contributed by atoms with Crippen molar-refractivity contribution in [1.29, 1.82) is 0 Å². The first-order chi connectivity index (χ1) is 13.0. The number of rotatable bonds is 5. The number of benzene rings is 1. The summed E-state index contributed by atoms with van der Waals surface area (Å²) in [5.74, 6) is -0.875. The summed E-state index contributed by atoms with van der Waals surface area (Å²) in [7, 11) is 0. The number of carbonyl (C=O) groups excluding carboxylic acids is 1. The highest BCUT2D eigenvalue weighted by Crippen LogP contribution is 2.44. The van der Waals surface area contributed by atoms with Gasteiger partial charge in [0.2, 0.25) is 0 Å². The molecule has 2 aromatic rings. The third kappa shape index (κ3) is 3.34. The Morgan fingerprint density at radius 2 is 2.07 bits per heavy atom. The molecule has 1 N–H and O–H groups in total. The summed E-state index contributed by atoms with van der Waals surface area (Å²) in [6.07, 6.45) is 4.37. The second-order valence-electron chi connectivity index (χ2n) is 7.41. The van der Waals surface area contributed by atoms with Crippen LogP contribution in [0.4, 0.5) is 0 Å². The Balaban J connectivity index is 1.62. The van der Waals surface area contributed by atoms with Crippen molar-refractivity contribution in [3.63, 3.8) is 0 Å². The molecule has 142 valence electrons. The standard InChI is InChI=1S/C20H22ClN3O3/c1-2-18-15(9-22-24(18)14-5-3-4-13(21)8-14)19(25)23-10-16(12-6-7-12)17(11-23)20(26)27/h3-5,8-9,12,16-17H,2,6-7,10-11H2,1H3,(H,26,27)/t16-,17+/m1/s1. The van der Waals surface area contributed by atoms with Gasteiger partial charge in [-0.25, -0.2) is 4.68 Å². The average Bonchev–Trinajstić information content (AvgIpc) is 3.24. The van der Waals surface area contributed by atoms with Crippen molar-refractivity contribution in [1.82, 2.24) is 14.7 Å². The van der Waals surface area contributed by atoms with Gasteiger partial charge in [-0.15, -0.1) is 0 Å². The van der Waals surface area contributed by atoms with E-state index in [0.717, 1.165) is 24.2 Å². The molecule has 1 amide bonds. The molecule has 7 heteroatoms. The molecule has 2 heterocycles. The van der Waals surface area contributed by atoms with Crippen LogP contribution in [0.3, 0.4) is 0 Å². The van der Waals surface area contributed by atoms with E-state index in [1.165, 1.54) is 0 Å². The van der Waals surface area contributed by atoms with E-state index in [1.807, 2.05) is 19.1 Å². The van der Waals surface area contributed by atoms with Gasteiger partial charge in [0, 0.05) is 18.1 Å². The zero-order chi connectivity index (χ0) is 19.1. The molecule has 27 heavy (non-hydrogen) atoms. The Morgan fingerprint density at radius 3 is 2.70 bits per heavy atom. The van der Waals surface area contributed by atoms with Crippen LogP contribution in [0.1, 0.15) is 35.8 Å². The van der Waals surface area contributed by atoms with Crippen LogP contribution in [0.5, 0.6) is 0 Å². The van der Waals surface area contributed by atoms with Crippen LogP contribution in [0.25, 0.3) is 5.69 Å². The van der Waals surface area contributed by atoms with Crippen molar-refractivity contribution >= 4 is 23.5 Å². The predicted molar refractivity (Wildman–Crippen MR) is 101 cm³/mol. The zero-order valence-electron chi connectivity index (χ0n) is 15.1. The Labute approximate surface area is 162 Å². The van der Waals surface area contributed by atoms with Crippen molar-refractivity contribution in [2.75, 3.05) is 13.1 Å². The summed E-state index contributed by atoms with van der Waals surface area (Å²) in [5, 5.41) is 14.6. The fourth-order valence-corrected chi connectivity index (χ4v) is 4.34. The highest BCUT2D eigenvalue weighted by molar-refractivity contribution is 6.30. The topological polar surface area (TPSA) is 75.4 Å². The molecule has 1 aromatic heterocycles. The molecule has 1 aliphatic heterocycles. The summed E-state index contributed by atoms with van der Waals surface area (Å²) in [5.41, 5.74) is 2.15. The maximum Gasteiger partial charge on any atom is 0.308 e. The van der Waals surface area contributed by atoms with Crippen molar-refractivity contribution in [3.05, 3.63) is 46.7 Å². The second-order valence-corrected chi connectivity index (χ2v) is 7.84. The van der Waals surface area contributed by atoms with Gasteiger partial charge in [-0.3, -0.25) is 9.59 Å². The number of hydrogen-bond acceptors (Lipinski definition) is 3. The van der Waals surface area contributed by atoms with E-state index in [1.54, 1.807) is 27.9 Å². The second kappa shape index (κ2) is 7.00. The minimum Gasteiger partial charge on any atom is -0.481 e. The van der Waals surface area contributed by atoms with E-state index >= 15 is 0 Å². The maximum absolute atomic E-state index is 13.1. The lowest BCUT2D eigenvalue weighted by atomic mass is 9.92. The predicted octanol–water partition coefficient (Wildman–Crippen LogP) is 3.27. The lowest BCUT2D eigenvalue weighted by molar-refractivity contribution is -0.142. The average molecular weight is 388 g/mol. The Hall–Kier alpha value is -2.34. The molecular weight excluding hydrogens is 366 g/mol. The summed E-state index contributed by atoms with van der Waals surface area (Å²) in [4.78, 5) is 26.5. The van der Waals surface area contributed by atoms with E-state index < -0.39 is 11.9 Å². The lowest BCUT2D eigenvalue weighted by Gasteiger charge is -2.16. The summed E-state index contributed by atoms with van der Waals surface area (Å²) >= 11 is 6.09. The van der Waals surface area contributed by atoms with E-state index in [4.69, 9.17) is 11.6 Å². The van der Waals surface area contributed by atoms with Crippen LogP contribution in [-0.4, -0.2) is 44.8 Å². The Morgan fingerprint density at radius 1 is 1.30 bits per heavy atom. The van der Waals surface area contributed by atoms with Gasteiger partial charge in [0.05, 0.1) is 29.1 Å². The number of carbonyl (C=O) groups is 2. The molecule has 1 saturated carbocycles. The van der Waals surface area contributed by atoms with Gasteiger partial charge in [-0.2, -0.15) is 5.10 Å². The molecule has 1 saturated heterocycles. The van der Waals surface area contributed by atoms with Crippen LogP contribution in [0.2, 0.25) is 5.02 Å². The Kier molecular flexibility index (Phi) is 4.68. The van der Waals surface area contributed by atoms with E-state index in [9.17, 15) is 14.7 Å². The molecule has 2 aliphatic rings. The smallest absolute Gasteiger partial charge is 0.308 e. The molecular formula is C20H22ClN3O3. The van der Waals surface area contributed by atoms with Crippen molar-refractivity contribution in [2.45, 2.75) is 26.2 Å². The van der Waals surface area contributed by atoms with Crippen molar-refractivity contribution in [2.24, 2.45) is 17.8 Å². The normalized spacial score (nSPS) is 22.2. The van der Waals surface area contributed by atoms with E-state index in [-0.39, 0.29) is 18.4 Å². The molecule has 2 fully saturated rings. The molecule has 0 unspecified atom stereocenters. The van der Waals surface area contributed by atoms with Gasteiger partial charge in [0.25, 0.3) is 5.91 Å². The molecule has 0 radical (unpaired) electrons. The molecule has 4 rings (SSSR count). The number of aromatic nitrogens is 2. The first-order valence-electron chi connectivity index (χ1n) is 9.34. The number of nitrogens with zero attached hydrogens (tertiary/aromatic N) is 3. The van der Waals surface area contributed by atoms with Crippen LogP contribution >= 0.6 is 11.6 Å². The molecule has 6 nitrogen and oxygen atoms in total. The number of halogens is 1. The lowest BCUT2D eigenvalue weighted by Crippen LogP contribution is -2.30. The van der Waals surface area contributed by atoms with Crippen molar-refractivity contribution in [3.8, 4) is 5.69 Å². The van der Waals surface area contributed by atoms with Gasteiger partial charge in [0.1, 0.15) is 0 Å². The van der Waals surface area contributed by atoms with Gasteiger partial charge in [-0.1, -0.05) is 24.6 Å². The SMILES string of the molecule is CCc1c(C(=O)N2C[C@H](C(=O)O)[C@@H](C3CC3)C2)cnn1-c1cccc(Cl)c1.